The Bertz CT molecular complexity index is 1610. The smallest absolute Gasteiger partial charge is 0.290 e. The molecule has 5 aromatic rings. The monoisotopic (exact) mass is 473 g/mol. The van der Waals surface area contributed by atoms with Crippen LogP contribution in [0.4, 0.5) is 0 Å². The number of amides is 1. The number of nitrogens with zero attached hydrogens (tertiary/aromatic N) is 1. The second-order valence-corrected chi connectivity index (χ2v) is 8.79. The van der Waals surface area contributed by atoms with Gasteiger partial charge in [0.15, 0.2) is 5.43 Å². The van der Waals surface area contributed by atoms with Crippen LogP contribution in [0.15, 0.2) is 118 Å². The van der Waals surface area contributed by atoms with E-state index in [1.807, 2.05) is 84.9 Å². The fourth-order valence-corrected chi connectivity index (χ4v) is 4.81. The molecule has 5 heteroatoms. The van der Waals surface area contributed by atoms with Crippen LogP contribution >= 0.6 is 0 Å². The third kappa shape index (κ3) is 3.95. The Kier molecular flexibility index (Phi) is 5.58. The summed E-state index contributed by atoms with van der Waals surface area (Å²) in [6.07, 6.45) is 0.658. The van der Waals surface area contributed by atoms with Crippen molar-refractivity contribution in [3.8, 4) is 11.5 Å². The molecule has 0 N–H and O–H groups in total. The molecule has 0 spiro atoms. The van der Waals surface area contributed by atoms with Gasteiger partial charge in [0.1, 0.15) is 17.1 Å². The third-order valence-electron chi connectivity index (χ3n) is 6.51. The van der Waals surface area contributed by atoms with E-state index in [9.17, 15) is 9.59 Å². The van der Waals surface area contributed by atoms with Crippen LogP contribution in [0.3, 0.4) is 0 Å². The molecule has 0 aliphatic carbocycles. The molecule has 0 unspecified atom stereocenters. The van der Waals surface area contributed by atoms with Crippen molar-refractivity contribution in [2.75, 3.05) is 6.54 Å². The van der Waals surface area contributed by atoms with E-state index in [0.717, 1.165) is 11.1 Å². The van der Waals surface area contributed by atoms with E-state index in [1.165, 1.54) is 0 Å². The summed E-state index contributed by atoms with van der Waals surface area (Å²) in [5.41, 5.74) is 2.53. The Hall–Kier alpha value is -4.64. The van der Waals surface area contributed by atoms with Gasteiger partial charge in [0, 0.05) is 6.54 Å². The number of ether oxygens (including phenoxy) is 1. The number of para-hydroxylation sites is 2. The lowest BCUT2D eigenvalue weighted by Crippen LogP contribution is -2.31. The standard InChI is InChI=1S/C31H23NO4/c33-29-25-16-7-8-17-26(25)36-30-27(29)28(32(31(30)34)19-18-21-10-3-1-4-11-21)22-12-9-15-24(20-22)35-23-13-5-2-6-14-23/h1-17,20,28H,18-19H2/t28-/m1/s1. The van der Waals surface area contributed by atoms with Crippen molar-refractivity contribution in [3.63, 3.8) is 0 Å². The van der Waals surface area contributed by atoms with Crippen molar-refractivity contribution >= 4 is 16.9 Å². The molecule has 6 rings (SSSR count). The van der Waals surface area contributed by atoms with Crippen molar-refractivity contribution in [3.05, 3.63) is 142 Å². The van der Waals surface area contributed by atoms with Crippen molar-refractivity contribution in [2.24, 2.45) is 0 Å². The quantitative estimate of drug-likeness (QED) is 0.287. The SMILES string of the molecule is O=C1c2oc3ccccc3c(=O)c2[C@@H](c2cccc(Oc3ccccc3)c2)N1CCc1ccccc1. The van der Waals surface area contributed by atoms with Gasteiger partial charge in [0.2, 0.25) is 5.76 Å². The number of benzene rings is 4. The highest BCUT2D eigenvalue weighted by molar-refractivity contribution is 5.99. The molecule has 36 heavy (non-hydrogen) atoms. The molecule has 4 aromatic carbocycles. The van der Waals surface area contributed by atoms with E-state index < -0.39 is 6.04 Å². The van der Waals surface area contributed by atoms with Gasteiger partial charge < -0.3 is 14.1 Å². The molecular formula is C31H23NO4. The van der Waals surface area contributed by atoms with Crippen LogP contribution < -0.4 is 10.2 Å². The van der Waals surface area contributed by atoms with Gasteiger partial charge >= 0.3 is 0 Å². The van der Waals surface area contributed by atoms with Gasteiger partial charge in [-0.05, 0) is 53.9 Å². The lowest BCUT2D eigenvalue weighted by molar-refractivity contribution is 0.0730. The van der Waals surface area contributed by atoms with Crippen LogP contribution in [0.1, 0.15) is 33.3 Å². The van der Waals surface area contributed by atoms with Crippen molar-refractivity contribution in [1.29, 1.82) is 0 Å². The summed E-state index contributed by atoms with van der Waals surface area (Å²) in [5.74, 6) is 1.19. The van der Waals surface area contributed by atoms with Crippen molar-refractivity contribution in [2.45, 2.75) is 12.5 Å². The highest BCUT2D eigenvalue weighted by atomic mass is 16.5. The molecule has 1 aromatic heterocycles. The van der Waals surface area contributed by atoms with Gasteiger partial charge in [-0.3, -0.25) is 9.59 Å². The zero-order chi connectivity index (χ0) is 24.5. The van der Waals surface area contributed by atoms with Crippen molar-refractivity contribution < 1.29 is 13.9 Å². The first-order valence-corrected chi connectivity index (χ1v) is 11.9. The van der Waals surface area contributed by atoms with Gasteiger partial charge in [0.05, 0.1) is 17.0 Å². The number of carbonyl (C=O) groups excluding carboxylic acids is 1. The molecule has 1 aliphatic heterocycles. The summed E-state index contributed by atoms with van der Waals surface area (Å²) >= 11 is 0. The number of carbonyl (C=O) groups is 1. The number of fused-ring (bicyclic) bond motifs is 2. The van der Waals surface area contributed by atoms with Crippen LogP contribution in [0.2, 0.25) is 0 Å². The molecule has 2 heterocycles. The fourth-order valence-electron chi connectivity index (χ4n) is 4.81. The van der Waals surface area contributed by atoms with Crippen LogP contribution in [0.25, 0.3) is 11.0 Å². The number of rotatable bonds is 6. The predicted octanol–water partition coefficient (Wildman–Crippen LogP) is 6.37. The molecule has 1 amide bonds. The Morgan fingerprint density at radius 2 is 1.44 bits per heavy atom. The highest BCUT2D eigenvalue weighted by Gasteiger charge is 2.42. The van der Waals surface area contributed by atoms with Crippen LogP contribution in [-0.2, 0) is 6.42 Å². The van der Waals surface area contributed by atoms with Crippen LogP contribution in [0.5, 0.6) is 11.5 Å². The molecule has 0 radical (unpaired) electrons. The van der Waals surface area contributed by atoms with E-state index in [4.69, 9.17) is 9.15 Å². The summed E-state index contributed by atoms with van der Waals surface area (Å²) < 4.78 is 12.1. The van der Waals surface area contributed by atoms with Gasteiger partial charge in [0.25, 0.3) is 5.91 Å². The van der Waals surface area contributed by atoms with E-state index in [1.54, 1.807) is 29.2 Å². The van der Waals surface area contributed by atoms with E-state index in [0.29, 0.717) is 41.0 Å². The second kappa shape index (κ2) is 9.19. The van der Waals surface area contributed by atoms with E-state index >= 15 is 0 Å². The normalized spacial score (nSPS) is 14.7. The molecule has 5 nitrogen and oxygen atoms in total. The summed E-state index contributed by atoms with van der Waals surface area (Å²) in [6, 6.07) is 33.6. The third-order valence-corrected chi connectivity index (χ3v) is 6.51. The maximum atomic E-state index is 13.7. The Labute approximate surface area is 208 Å². The lowest BCUT2D eigenvalue weighted by atomic mass is 9.98. The average molecular weight is 474 g/mol. The topological polar surface area (TPSA) is 59.8 Å². The summed E-state index contributed by atoms with van der Waals surface area (Å²) in [4.78, 5) is 29.1. The highest BCUT2D eigenvalue weighted by Crippen LogP contribution is 2.39. The molecular weight excluding hydrogens is 450 g/mol. The first-order chi connectivity index (χ1) is 17.7. The molecule has 0 saturated heterocycles. The van der Waals surface area contributed by atoms with Gasteiger partial charge in [-0.1, -0.05) is 72.8 Å². The van der Waals surface area contributed by atoms with Gasteiger partial charge in [-0.25, -0.2) is 0 Å². The minimum absolute atomic E-state index is 0.117. The average Bonchev–Trinajstić information content (AvgIpc) is 3.20. The first-order valence-electron chi connectivity index (χ1n) is 11.9. The van der Waals surface area contributed by atoms with Gasteiger partial charge in [-0.15, -0.1) is 0 Å². The zero-order valence-electron chi connectivity index (χ0n) is 19.5. The van der Waals surface area contributed by atoms with Crippen LogP contribution in [-0.4, -0.2) is 17.4 Å². The summed E-state index contributed by atoms with van der Waals surface area (Å²) in [5, 5.41) is 0.468. The molecule has 0 fully saturated rings. The largest absolute Gasteiger partial charge is 0.457 e. The molecule has 1 atom stereocenters. The van der Waals surface area contributed by atoms with Crippen molar-refractivity contribution in [1.82, 2.24) is 4.90 Å². The second-order valence-electron chi connectivity index (χ2n) is 8.79. The van der Waals surface area contributed by atoms with E-state index in [-0.39, 0.29) is 17.1 Å². The molecule has 0 bridgehead atoms. The maximum absolute atomic E-state index is 13.7. The van der Waals surface area contributed by atoms with Crippen LogP contribution in [0, 0.1) is 0 Å². The zero-order valence-corrected chi connectivity index (χ0v) is 19.5. The Morgan fingerprint density at radius 3 is 2.25 bits per heavy atom. The summed E-state index contributed by atoms with van der Waals surface area (Å²) in [6.45, 7) is 0.442. The van der Waals surface area contributed by atoms with Gasteiger partial charge in [-0.2, -0.15) is 0 Å². The number of hydrogen-bond donors (Lipinski definition) is 0. The number of hydrogen-bond acceptors (Lipinski definition) is 4. The molecule has 0 saturated carbocycles. The first kappa shape index (κ1) is 21.9. The maximum Gasteiger partial charge on any atom is 0.290 e. The molecule has 1 aliphatic rings. The molecule has 176 valence electrons. The lowest BCUT2D eigenvalue weighted by Gasteiger charge is -2.25. The predicted molar refractivity (Wildman–Crippen MR) is 138 cm³/mol. The minimum atomic E-state index is -0.573. The summed E-state index contributed by atoms with van der Waals surface area (Å²) in [7, 11) is 0. The fraction of sp³-hybridized carbons (Fsp3) is 0.0968. The minimum Gasteiger partial charge on any atom is -0.457 e. The Balaban J connectivity index is 1.45. The van der Waals surface area contributed by atoms with E-state index in [2.05, 4.69) is 0 Å². The Morgan fingerprint density at radius 1 is 0.750 bits per heavy atom.